The quantitative estimate of drug-likeness (QED) is 0.721. The molecule has 0 atom stereocenters. The van der Waals surface area contributed by atoms with Crippen molar-refractivity contribution in [2.24, 2.45) is 0 Å². The number of hydrogen-bond donors (Lipinski definition) is 1. The predicted molar refractivity (Wildman–Crippen MR) is 80.7 cm³/mol. The van der Waals surface area contributed by atoms with E-state index in [9.17, 15) is 4.79 Å². The second-order valence-corrected chi connectivity index (χ2v) is 5.73. The number of fused-ring (bicyclic) bond motifs is 3. The van der Waals surface area contributed by atoms with E-state index in [1.54, 1.807) is 13.1 Å². The van der Waals surface area contributed by atoms with Crippen molar-refractivity contribution in [3.63, 3.8) is 0 Å². The smallest absolute Gasteiger partial charge is 0.407 e. The molecule has 0 saturated carbocycles. The summed E-state index contributed by atoms with van der Waals surface area (Å²) in [5.41, 5.74) is 1.57. The topological polar surface area (TPSA) is 113 Å². The van der Waals surface area contributed by atoms with Crippen LogP contribution >= 0.6 is 11.6 Å². The zero-order valence-corrected chi connectivity index (χ0v) is 12.7. The number of pyridine rings is 1. The van der Waals surface area contributed by atoms with E-state index in [4.69, 9.17) is 16.7 Å². The number of rotatable bonds is 2. The van der Waals surface area contributed by atoms with Gasteiger partial charge in [-0.2, -0.15) is 4.52 Å². The molecule has 118 valence electrons. The Hall–Kier alpha value is -2.75. The molecule has 0 spiro atoms. The Kier molecular flexibility index (Phi) is 2.94. The normalized spacial score (nSPS) is 15.1. The van der Waals surface area contributed by atoms with Crippen LogP contribution in [0.25, 0.3) is 16.8 Å². The van der Waals surface area contributed by atoms with E-state index in [0.717, 1.165) is 0 Å². The lowest BCUT2D eigenvalue weighted by Crippen LogP contribution is -2.60. The van der Waals surface area contributed by atoms with Crippen LogP contribution in [0.2, 0.25) is 5.02 Å². The van der Waals surface area contributed by atoms with Gasteiger partial charge in [-0.25, -0.2) is 14.8 Å². The molecule has 0 unspecified atom stereocenters. The van der Waals surface area contributed by atoms with Crippen molar-refractivity contribution in [2.45, 2.75) is 6.04 Å². The first-order valence-corrected chi connectivity index (χ1v) is 7.16. The summed E-state index contributed by atoms with van der Waals surface area (Å²) < 4.78 is 1.53. The maximum atomic E-state index is 11.0. The molecular formula is C12H11ClN8O2. The van der Waals surface area contributed by atoms with Gasteiger partial charge in [-0.3, -0.25) is 0 Å². The van der Waals surface area contributed by atoms with E-state index >= 15 is 0 Å². The highest BCUT2D eigenvalue weighted by molar-refractivity contribution is 6.31. The minimum atomic E-state index is -0.952. The summed E-state index contributed by atoms with van der Waals surface area (Å²) in [6.07, 6.45) is 0.556. The third-order valence-corrected chi connectivity index (χ3v) is 4.14. The number of carboxylic acid groups (broad SMARTS) is 1. The molecule has 1 fully saturated rings. The number of amides is 1. The van der Waals surface area contributed by atoms with Gasteiger partial charge in [0, 0.05) is 26.3 Å². The lowest BCUT2D eigenvalue weighted by atomic mass is 10.1. The number of aromatic nitrogens is 6. The van der Waals surface area contributed by atoms with Gasteiger partial charge in [-0.05, 0) is 16.5 Å². The summed E-state index contributed by atoms with van der Waals surface area (Å²) >= 11 is 5.97. The van der Waals surface area contributed by atoms with Gasteiger partial charge in [0.1, 0.15) is 5.52 Å². The number of nitrogens with zero attached hydrogens (tertiary/aromatic N) is 8. The molecule has 10 nitrogen and oxygen atoms in total. The summed E-state index contributed by atoms with van der Waals surface area (Å²) in [5.74, 6) is 0.576. The molecule has 1 saturated heterocycles. The minimum absolute atomic E-state index is 0.0842. The van der Waals surface area contributed by atoms with Crippen LogP contribution in [0, 0.1) is 0 Å². The molecule has 4 rings (SSSR count). The third-order valence-electron chi connectivity index (χ3n) is 3.93. The van der Waals surface area contributed by atoms with Crippen molar-refractivity contribution in [3.8, 4) is 0 Å². The van der Waals surface area contributed by atoms with Crippen LogP contribution in [0.5, 0.6) is 0 Å². The Morgan fingerprint density at radius 3 is 3.00 bits per heavy atom. The van der Waals surface area contributed by atoms with Gasteiger partial charge in [0.2, 0.25) is 5.65 Å². The number of carbonyl (C=O) groups is 1. The Bertz CT molecular complexity index is 922. The first kappa shape index (κ1) is 13.9. The molecular weight excluding hydrogens is 324 g/mol. The van der Waals surface area contributed by atoms with E-state index in [2.05, 4.69) is 25.5 Å². The zero-order valence-electron chi connectivity index (χ0n) is 12.0. The van der Waals surface area contributed by atoms with E-state index in [-0.39, 0.29) is 6.04 Å². The standard InChI is InChI=1S/C12H11ClN8O2/c1-19(12(22)23)7-4-20(5-7)10-11-16-17-18-21(11)8-2-6(13)3-14-9(8)15-10/h2-3,7H,4-5H2,1H3,(H,22,23). The van der Waals surface area contributed by atoms with Crippen LogP contribution in [0.4, 0.5) is 10.6 Å². The third kappa shape index (κ3) is 2.10. The zero-order chi connectivity index (χ0) is 16.1. The number of tetrazole rings is 1. The van der Waals surface area contributed by atoms with E-state index in [1.165, 1.54) is 15.6 Å². The molecule has 11 heteroatoms. The molecule has 0 radical (unpaired) electrons. The van der Waals surface area contributed by atoms with Crippen LogP contribution in [0.3, 0.4) is 0 Å². The molecule has 1 aliphatic heterocycles. The van der Waals surface area contributed by atoms with Gasteiger partial charge in [-0.1, -0.05) is 11.6 Å². The van der Waals surface area contributed by atoms with Gasteiger partial charge in [0.15, 0.2) is 11.5 Å². The monoisotopic (exact) mass is 334 g/mol. The van der Waals surface area contributed by atoms with Crippen LogP contribution in [0.1, 0.15) is 0 Å². The minimum Gasteiger partial charge on any atom is -0.465 e. The second-order valence-electron chi connectivity index (χ2n) is 5.30. The van der Waals surface area contributed by atoms with Crippen LogP contribution < -0.4 is 4.90 Å². The molecule has 4 heterocycles. The highest BCUT2D eigenvalue weighted by Gasteiger charge is 2.35. The Morgan fingerprint density at radius 2 is 2.26 bits per heavy atom. The van der Waals surface area contributed by atoms with E-state index < -0.39 is 6.09 Å². The van der Waals surface area contributed by atoms with Crippen molar-refractivity contribution in [1.82, 2.24) is 34.9 Å². The SMILES string of the molecule is CN(C(=O)O)C1CN(c2nc3ncc(Cl)cc3n3nnnc23)C1. The Labute approximate surface area is 134 Å². The summed E-state index contributed by atoms with van der Waals surface area (Å²) in [4.78, 5) is 22.9. The van der Waals surface area contributed by atoms with Crippen molar-refractivity contribution in [2.75, 3.05) is 25.0 Å². The predicted octanol–water partition coefficient (Wildman–Crippen LogP) is 0.519. The van der Waals surface area contributed by atoms with Crippen molar-refractivity contribution < 1.29 is 9.90 Å². The van der Waals surface area contributed by atoms with Gasteiger partial charge >= 0.3 is 6.09 Å². The maximum Gasteiger partial charge on any atom is 0.407 e. The highest BCUT2D eigenvalue weighted by atomic mass is 35.5. The second kappa shape index (κ2) is 4.88. The molecule has 0 aliphatic carbocycles. The lowest BCUT2D eigenvalue weighted by molar-refractivity contribution is 0.130. The molecule has 23 heavy (non-hydrogen) atoms. The molecule has 3 aromatic rings. The summed E-state index contributed by atoms with van der Waals surface area (Å²) in [5, 5.41) is 21.1. The van der Waals surface area contributed by atoms with Crippen LogP contribution in [0.15, 0.2) is 12.3 Å². The number of hydrogen-bond acceptors (Lipinski definition) is 7. The average Bonchev–Trinajstić information content (AvgIpc) is 2.95. The maximum absolute atomic E-state index is 11.0. The first-order chi connectivity index (χ1) is 11.0. The molecule has 0 aromatic carbocycles. The highest BCUT2D eigenvalue weighted by Crippen LogP contribution is 2.27. The number of anilines is 1. The summed E-state index contributed by atoms with van der Waals surface area (Å²) in [6.45, 7) is 1.05. The van der Waals surface area contributed by atoms with Crippen molar-refractivity contribution in [1.29, 1.82) is 0 Å². The molecule has 1 amide bonds. The van der Waals surface area contributed by atoms with E-state index in [1.807, 2.05) is 4.90 Å². The Morgan fingerprint density at radius 1 is 1.48 bits per heavy atom. The first-order valence-electron chi connectivity index (χ1n) is 6.78. The lowest BCUT2D eigenvalue weighted by Gasteiger charge is -2.43. The molecule has 1 aliphatic rings. The van der Waals surface area contributed by atoms with Gasteiger partial charge in [-0.15, -0.1) is 5.10 Å². The largest absolute Gasteiger partial charge is 0.465 e. The van der Waals surface area contributed by atoms with Gasteiger partial charge in [0.25, 0.3) is 0 Å². The Balaban J connectivity index is 1.75. The van der Waals surface area contributed by atoms with Gasteiger partial charge in [0.05, 0.1) is 11.1 Å². The molecule has 3 aromatic heterocycles. The molecule has 1 N–H and O–H groups in total. The van der Waals surface area contributed by atoms with Crippen molar-refractivity contribution in [3.05, 3.63) is 17.3 Å². The van der Waals surface area contributed by atoms with E-state index in [0.29, 0.717) is 40.7 Å². The van der Waals surface area contributed by atoms with Crippen LogP contribution in [-0.2, 0) is 0 Å². The summed E-state index contributed by atoms with van der Waals surface area (Å²) in [7, 11) is 1.55. The fraction of sp³-hybridized carbons (Fsp3) is 0.333. The average molecular weight is 335 g/mol. The fourth-order valence-corrected chi connectivity index (χ4v) is 2.70. The summed E-state index contributed by atoms with van der Waals surface area (Å²) in [6, 6.07) is 1.61. The fourth-order valence-electron chi connectivity index (χ4n) is 2.54. The molecule has 0 bridgehead atoms. The van der Waals surface area contributed by atoms with Crippen molar-refractivity contribution >= 4 is 40.3 Å². The number of likely N-dealkylation sites (N-methyl/N-ethyl adjacent to an activating group) is 1. The van der Waals surface area contributed by atoms with Gasteiger partial charge < -0.3 is 14.9 Å². The van der Waals surface area contributed by atoms with Crippen LogP contribution in [-0.4, -0.2) is 72.3 Å². The number of halogens is 1.